The summed E-state index contributed by atoms with van der Waals surface area (Å²) in [7, 11) is 1.23. The van der Waals surface area contributed by atoms with Crippen LogP contribution in [0.15, 0.2) is 72.8 Å². The van der Waals surface area contributed by atoms with Gasteiger partial charge in [-0.15, -0.1) is 0 Å². The van der Waals surface area contributed by atoms with Gasteiger partial charge in [0.05, 0.1) is 51.6 Å². The summed E-state index contributed by atoms with van der Waals surface area (Å²) in [6.45, 7) is 0. The quantitative estimate of drug-likeness (QED) is 0.0836. The zero-order chi connectivity index (χ0) is 41.7. The molecule has 0 unspecified atom stereocenters. The van der Waals surface area contributed by atoms with E-state index in [-0.39, 0.29) is 74.5 Å². The SMILES string of the molecule is COC(=O)c1ccc(NC(=O)c2cc(Cl)c(OC3CCC3)c(C(F)(F)F)c2)cc1.O=C(O)c1ccc(NC(=O)c2cc(Cl)c(OC3CCC3)c(C(F)(F)F)c2)cc1.[Li+].[OH-]. The Hall–Kier alpha value is -4.92. The van der Waals surface area contributed by atoms with Gasteiger partial charge in [-0.1, -0.05) is 23.2 Å². The maximum atomic E-state index is 13.5. The summed E-state index contributed by atoms with van der Waals surface area (Å²) in [5, 5.41) is 13.2. The molecule has 2 fully saturated rings. The van der Waals surface area contributed by atoms with Gasteiger partial charge in [0.25, 0.3) is 11.8 Å². The van der Waals surface area contributed by atoms with Gasteiger partial charge in [-0.25, -0.2) is 9.59 Å². The molecule has 2 aliphatic carbocycles. The first-order chi connectivity index (χ1) is 26.8. The molecule has 0 radical (unpaired) electrons. The molecule has 2 amide bonds. The minimum Gasteiger partial charge on any atom is -0.870 e. The van der Waals surface area contributed by atoms with Crippen LogP contribution in [0.25, 0.3) is 0 Å². The predicted octanol–water partition coefficient (Wildman–Crippen LogP) is 7.40. The average molecular weight is 866 g/mol. The van der Waals surface area contributed by atoms with Crippen molar-refractivity contribution in [2.75, 3.05) is 17.7 Å². The van der Waals surface area contributed by atoms with Crippen LogP contribution in [-0.2, 0) is 17.1 Å². The molecule has 20 heteroatoms. The molecule has 0 atom stereocenters. The van der Waals surface area contributed by atoms with E-state index in [9.17, 15) is 45.5 Å². The number of carbonyl (C=O) groups is 4. The fourth-order valence-corrected chi connectivity index (χ4v) is 5.86. The van der Waals surface area contributed by atoms with Crippen molar-refractivity contribution in [3.8, 4) is 11.5 Å². The van der Waals surface area contributed by atoms with Crippen LogP contribution in [0.1, 0.15) is 91.1 Å². The number of anilines is 2. The summed E-state index contributed by atoms with van der Waals surface area (Å²) >= 11 is 12.0. The molecule has 0 aliphatic heterocycles. The first kappa shape index (κ1) is 48.4. The smallest absolute Gasteiger partial charge is 0.870 e. The van der Waals surface area contributed by atoms with Gasteiger partial charge in [0.2, 0.25) is 0 Å². The zero-order valence-corrected chi connectivity index (χ0v) is 32.6. The van der Waals surface area contributed by atoms with E-state index in [1.54, 1.807) is 0 Å². The number of aromatic carboxylic acids is 1. The maximum absolute atomic E-state index is 13.5. The number of hydrogen-bond acceptors (Lipinski definition) is 8. The van der Waals surface area contributed by atoms with Crippen molar-refractivity contribution in [2.45, 2.75) is 63.1 Å². The number of carboxylic acids is 1. The predicted molar refractivity (Wildman–Crippen MR) is 198 cm³/mol. The molecular weight excluding hydrogens is 832 g/mol. The van der Waals surface area contributed by atoms with E-state index < -0.39 is 58.7 Å². The van der Waals surface area contributed by atoms with Gasteiger partial charge < -0.3 is 35.4 Å². The van der Waals surface area contributed by atoms with E-state index >= 15 is 0 Å². The van der Waals surface area contributed by atoms with E-state index in [2.05, 4.69) is 15.4 Å². The van der Waals surface area contributed by atoms with E-state index in [1.165, 1.54) is 55.6 Å². The number of esters is 1. The molecule has 4 aromatic carbocycles. The molecule has 0 saturated heterocycles. The van der Waals surface area contributed by atoms with E-state index in [4.69, 9.17) is 37.8 Å². The van der Waals surface area contributed by atoms with Crippen LogP contribution in [0, 0.1) is 0 Å². The van der Waals surface area contributed by atoms with Crippen molar-refractivity contribution >= 4 is 58.3 Å². The van der Waals surface area contributed by atoms with Crippen molar-refractivity contribution in [1.82, 2.24) is 0 Å². The van der Waals surface area contributed by atoms with E-state index in [0.29, 0.717) is 37.4 Å². The summed E-state index contributed by atoms with van der Waals surface area (Å²) in [5.41, 5.74) is -1.96. The van der Waals surface area contributed by atoms with Crippen LogP contribution in [0.5, 0.6) is 11.5 Å². The number of alkyl halides is 6. The van der Waals surface area contributed by atoms with E-state index in [1.807, 2.05) is 0 Å². The van der Waals surface area contributed by atoms with Crippen molar-refractivity contribution in [3.63, 3.8) is 0 Å². The largest absolute Gasteiger partial charge is 1.00 e. The number of benzene rings is 4. The topological polar surface area (TPSA) is 170 Å². The number of ether oxygens (including phenoxy) is 3. The van der Waals surface area contributed by atoms with Crippen molar-refractivity contribution < 1.29 is 89.2 Å². The van der Waals surface area contributed by atoms with E-state index in [0.717, 1.165) is 31.0 Å². The standard InChI is InChI=1S/C20H17ClF3NO4.C19H15ClF3NO4.Li.H2O/c1-28-19(27)11-5-7-13(8-6-11)25-18(26)12-9-15(20(22,23)24)17(16(21)10-12)29-14-3-2-4-14;20-15-9-11(17(25)24-12-6-4-10(5-7-12)18(26)27)8-14(19(21,22)23)16(15)28-13-2-1-3-13;;/h5-10,14H,2-4H2,1H3,(H,25,26);4-9,13H,1-3H2,(H,24,25)(H,26,27);;1H2/q;;+1;/p-1. The number of amides is 2. The third-order valence-corrected chi connectivity index (χ3v) is 9.41. The van der Waals surface area contributed by atoms with Gasteiger partial charge in [-0.2, -0.15) is 26.3 Å². The average Bonchev–Trinajstić information content (AvgIpc) is 3.11. The fraction of sp³-hybridized carbons (Fsp3) is 0.282. The van der Waals surface area contributed by atoms with Crippen LogP contribution in [-0.4, -0.2) is 53.7 Å². The van der Waals surface area contributed by atoms with Crippen molar-refractivity contribution in [2.24, 2.45) is 0 Å². The summed E-state index contributed by atoms with van der Waals surface area (Å²) in [5.74, 6) is -4.21. The summed E-state index contributed by atoms with van der Waals surface area (Å²) in [4.78, 5) is 47.1. The van der Waals surface area contributed by atoms with Gasteiger partial charge in [-0.05, 0) is 111 Å². The number of carboxylic acid groups (broad SMARTS) is 1. The van der Waals surface area contributed by atoms with Crippen LogP contribution in [0.2, 0.25) is 10.0 Å². The second-order valence-electron chi connectivity index (χ2n) is 12.9. The molecule has 2 aliphatic rings. The van der Waals surface area contributed by atoms with Gasteiger partial charge in [-0.3, -0.25) is 9.59 Å². The minimum absolute atomic E-state index is 0. The molecule has 0 heterocycles. The Morgan fingerprint density at radius 2 is 0.983 bits per heavy atom. The Morgan fingerprint density at radius 1 is 0.627 bits per heavy atom. The molecule has 4 aromatic rings. The van der Waals surface area contributed by atoms with Gasteiger partial charge in [0.1, 0.15) is 0 Å². The fourth-order valence-electron chi connectivity index (χ4n) is 5.33. The first-order valence-electron chi connectivity index (χ1n) is 17.1. The number of methoxy groups -OCH3 is 1. The third kappa shape index (κ3) is 12.5. The number of hydrogen-bond donors (Lipinski definition) is 3. The normalized spacial score (nSPS) is 13.7. The summed E-state index contributed by atoms with van der Waals surface area (Å²) in [6.07, 6.45) is -5.70. The molecular formula is C39H33Cl2F6LiN2O9. The Bertz CT molecular complexity index is 2150. The molecule has 2 saturated carbocycles. The molecule has 0 bridgehead atoms. The number of rotatable bonds is 10. The monoisotopic (exact) mass is 864 g/mol. The van der Waals surface area contributed by atoms with Crippen molar-refractivity contribution in [1.29, 1.82) is 0 Å². The first-order valence-corrected chi connectivity index (χ1v) is 17.9. The molecule has 310 valence electrons. The van der Waals surface area contributed by atoms with Gasteiger partial charge in [0, 0.05) is 22.5 Å². The summed E-state index contributed by atoms with van der Waals surface area (Å²) < 4.78 is 96.3. The number of halogens is 8. The Kier molecular flexibility index (Phi) is 16.7. The van der Waals surface area contributed by atoms with Crippen LogP contribution >= 0.6 is 23.2 Å². The third-order valence-electron chi connectivity index (χ3n) is 8.85. The van der Waals surface area contributed by atoms with Crippen LogP contribution < -0.4 is 39.0 Å². The number of carbonyl (C=O) groups excluding carboxylic acids is 3. The Labute approximate surface area is 354 Å². The molecule has 0 spiro atoms. The zero-order valence-electron chi connectivity index (χ0n) is 31.1. The molecule has 6 rings (SSSR count). The van der Waals surface area contributed by atoms with Gasteiger partial charge >= 0.3 is 43.2 Å². The molecule has 0 aromatic heterocycles. The maximum Gasteiger partial charge on any atom is 1.00 e. The molecule has 11 nitrogen and oxygen atoms in total. The van der Waals surface area contributed by atoms with Crippen LogP contribution in [0.4, 0.5) is 37.7 Å². The Balaban J connectivity index is 0.000000305. The van der Waals surface area contributed by atoms with Crippen LogP contribution in [0.3, 0.4) is 0 Å². The van der Waals surface area contributed by atoms with Gasteiger partial charge in [0.15, 0.2) is 11.5 Å². The van der Waals surface area contributed by atoms with Crippen molar-refractivity contribution in [3.05, 3.63) is 116 Å². The Morgan fingerprint density at radius 3 is 1.27 bits per heavy atom. The molecule has 4 N–H and O–H groups in total. The molecule has 59 heavy (non-hydrogen) atoms. The number of nitrogens with one attached hydrogen (secondary N) is 2. The second-order valence-corrected chi connectivity index (χ2v) is 13.7. The summed E-state index contributed by atoms with van der Waals surface area (Å²) in [6, 6.07) is 14.6. The minimum atomic E-state index is -4.75. The second kappa shape index (κ2) is 20.4.